The maximum Gasteiger partial charge on any atom is 0.269 e. The Hall–Kier alpha value is -2.27. The summed E-state index contributed by atoms with van der Waals surface area (Å²) in [6.07, 6.45) is -6.15. The lowest BCUT2D eigenvalue weighted by Gasteiger charge is -2.40. The van der Waals surface area contributed by atoms with E-state index in [9.17, 15) is 30.2 Å². The van der Waals surface area contributed by atoms with Crippen LogP contribution in [-0.4, -0.2) is 57.0 Å². The number of aliphatic hydroxyl groups excluding tert-OH is 3. The van der Waals surface area contributed by atoms with Gasteiger partial charge in [0.25, 0.3) is 5.69 Å². The first-order valence-corrected chi connectivity index (χ1v) is 6.67. The van der Waals surface area contributed by atoms with Gasteiger partial charge in [0.05, 0.1) is 4.92 Å². The van der Waals surface area contributed by atoms with Gasteiger partial charge in [-0.3, -0.25) is 14.9 Å². The van der Waals surface area contributed by atoms with Crippen LogP contribution in [0.2, 0.25) is 0 Å². The molecule has 1 aromatic carbocycles. The van der Waals surface area contributed by atoms with E-state index in [2.05, 4.69) is 5.32 Å². The summed E-state index contributed by atoms with van der Waals surface area (Å²) >= 11 is 0. The van der Waals surface area contributed by atoms with Gasteiger partial charge in [-0.25, -0.2) is 0 Å². The van der Waals surface area contributed by atoms with E-state index in [4.69, 9.17) is 9.47 Å². The summed E-state index contributed by atoms with van der Waals surface area (Å²) in [7, 11) is 0. The Morgan fingerprint density at radius 1 is 1.26 bits per heavy atom. The zero-order valence-electron chi connectivity index (χ0n) is 12.0. The molecule has 10 heteroatoms. The van der Waals surface area contributed by atoms with Gasteiger partial charge in [-0.15, -0.1) is 0 Å². The first kappa shape index (κ1) is 17.1. The van der Waals surface area contributed by atoms with Crippen LogP contribution in [0.25, 0.3) is 0 Å². The molecule has 1 heterocycles. The normalized spacial score (nSPS) is 30.5. The molecule has 0 bridgehead atoms. The lowest BCUT2D eigenvalue weighted by atomic mass is 10.0. The Morgan fingerprint density at radius 2 is 1.87 bits per heavy atom. The quantitative estimate of drug-likeness (QED) is 0.400. The predicted molar refractivity (Wildman–Crippen MR) is 74.2 cm³/mol. The second-order valence-corrected chi connectivity index (χ2v) is 4.97. The third kappa shape index (κ3) is 3.93. The molecule has 0 saturated carbocycles. The third-order valence-corrected chi connectivity index (χ3v) is 3.25. The number of amides is 1. The Labute approximate surface area is 130 Å². The molecule has 4 N–H and O–H groups in total. The van der Waals surface area contributed by atoms with Gasteiger partial charge in [0.15, 0.2) is 6.29 Å². The second kappa shape index (κ2) is 6.87. The maximum absolute atomic E-state index is 11.2. The first-order chi connectivity index (χ1) is 10.8. The number of aliphatic hydroxyl groups is 3. The number of non-ortho nitro benzene ring substituents is 1. The largest absolute Gasteiger partial charge is 0.462 e. The molecule has 0 unspecified atom stereocenters. The summed E-state index contributed by atoms with van der Waals surface area (Å²) in [6, 6.07) is 3.87. The number of rotatable bonds is 4. The van der Waals surface area contributed by atoms with Crippen LogP contribution >= 0.6 is 0 Å². The van der Waals surface area contributed by atoms with E-state index in [1.807, 2.05) is 0 Å². The number of nitro groups is 1. The minimum Gasteiger partial charge on any atom is -0.462 e. The van der Waals surface area contributed by atoms with Crippen molar-refractivity contribution in [2.45, 2.75) is 37.8 Å². The number of hydrogen-bond donors (Lipinski definition) is 4. The molecule has 2 rings (SSSR count). The molecule has 0 aliphatic carbocycles. The fourth-order valence-corrected chi connectivity index (χ4v) is 2.11. The molecule has 1 fully saturated rings. The van der Waals surface area contributed by atoms with Crippen LogP contribution < -0.4 is 10.1 Å². The van der Waals surface area contributed by atoms with Crippen molar-refractivity contribution in [3.8, 4) is 5.75 Å². The third-order valence-electron chi connectivity index (χ3n) is 3.25. The molecule has 10 nitrogen and oxygen atoms in total. The Balaban J connectivity index is 2.16. The van der Waals surface area contributed by atoms with E-state index in [1.165, 1.54) is 31.2 Å². The molecule has 1 amide bonds. The second-order valence-electron chi connectivity index (χ2n) is 4.97. The minimum atomic E-state index is -1.71. The number of nitro benzene ring substituents is 1. The van der Waals surface area contributed by atoms with Crippen LogP contribution in [0.4, 0.5) is 5.69 Å². The van der Waals surface area contributed by atoms with E-state index >= 15 is 0 Å². The van der Waals surface area contributed by atoms with Crippen molar-refractivity contribution in [2.24, 2.45) is 0 Å². The van der Waals surface area contributed by atoms with Crippen molar-refractivity contribution in [2.75, 3.05) is 0 Å². The molecule has 1 aliphatic rings. The summed E-state index contributed by atoms with van der Waals surface area (Å²) in [6.45, 7) is 1.20. The highest BCUT2D eigenvalue weighted by Crippen LogP contribution is 2.25. The SMILES string of the molecule is CC(=O)N[C@H]1[C@H](Oc2ccc([N+](=O)[O-])cc2)O[C@H](O)[C@@H](O)[C@@H]1O. The van der Waals surface area contributed by atoms with Crippen molar-refractivity contribution in [3.63, 3.8) is 0 Å². The van der Waals surface area contributed by atoms with Gasteiger partial charge in [-0.2, -0.15) is 0 Å². The standard InChI is InChI=1S/C13H16N2O8/c1-6(16)14-9-10(17)11(18)12(19)23-13(9)22-8-4-2-7(3-5-8)15(20)21/h2-5,9-13,17-19H,1H3,(H,14,16)/t9-,10-,11+,12+,13-/m1/s1. The molecule has 126 valence electrons. The van der Waals surface area contributed by atoms with Gasteiger partial charge < -0.3 is 30.1 Å². The number of nitrogens with one attached hydrogen (secondary N) is 1. The van der Waals surface area contributed by atoms with Crippen LogP contribution in [0.3, 0.4) is 0 Å². The summed E-state index contributed by atoms with van der Waals surface area (Å²) in [5.74, 6) is -0.342. The van der Waals surface area contributed by atoms with Crippen LogP contribution in [0.15, 0.2) is 24.3 Å². The molecule has 1 aliphatic heterocycles. The van der Waals surface area contributed by atoms with Crippen molar-refractivity contribution in [1.29, 1.82) is 0 Å². The van der Waals surface area contributed by atoms with Crippen molar-refractivity contribution in [1.82, 2.24) is 5.32 Å². The van der Waals surface area contributed by atoms with E-state index in [0.717, 1.165) is 0 Å². The van der Waals surface area contributed by atoms with Crippen LogP contribution in [0.1, 0.15) is 6.92 Å². The van der Waals surface area contributed by atoms with Gasteiger partial charge in [0, 0.05) is 19.1 Å². The van der Waals surface area contributed by atoms with Crippen molar-refractivity contribution < 1.29 is 34.5 Å². The molecule has 23 heavy (non-hydrogen) atoms. The van der Waals surface area contributed by atoms with Gasteiger partial charge in [-0.05, 0) is 12.1 Å². The maximum atomic E-state index is 11.2. The Bertz CT molecular complexity index is 578. The van der Waals surface area contributed by atoms with E-state index in [1.54, 1.807) is 0 Å². The van der Waals surface area contributed by atoms with Crippen molar-refractivity contribution in [3.05, 3.63) is 34.4 Å². The lowest BCUT2D eigenvalue weighted by Crippen LogP contribution is -2.64. The van der Waals surface area contributed by atoms with E-state index in [0.29, 0.717) is 0 Å². The van der Waals surface area contributed by atoms with E-state index < -0.39 is 41.7 Å². The molecule has 0 aromatic heterocycles. The molecule has 1 saturated heterocycles. The van der Waals surface area contributed by atoms with Gasteiger partial charge in [-0.1, -0.05) is 0 Å². The molecule has 0 spiro atoms. The topological polar surface area (TPSA) is 151 Å². The predicted octanol–water partition coefficient (Wildman–Crippen LogP) is -1.13. The Morgan fingerprint density at radius 3 is 2.39 bits per heavy atom. The number of ether oxygens (including phenoxy) is 2. The van der Waals surface area contributed by atoms with Gasteiger partial charge >= 0.3 is 0 Å². The van der Waals surface area contributed by atoms with Gasteiger partial charge in [0.1, 0.15) is 24.0 Å². The zero-order valence-corrected chi connectivity index (χ0v) is 12.0. The number of carbonyl (C=O) groups excluding carboxylic acids is 1. The molecule has 5 atom stereocenters. The van der Waals surface area contributed by atoms with Gasteiger partial charge in [0.2, 0.25) is 12.2 Å². The van der Waals surface area contributed by atoms with Crippen LogP contribution in [-0.2, 0) is 9.53 Å². The summed E-state index contributed by atoms with van der Waals surface area (Å²) in [5.41, 5.74) is -0.143. The summed E-state index contributed by atoms with van der Waals surface area (Å²) in [4.78, 5) is 21.2. The zero-order chi connectivity index (χ0) is 17.1. The number of carbonyl (C=O) groups is 1. The number of hydrogen-bond acceptors (Lipinski definition) is 8. The highest BCUT2D eigenvalue weighted by molar-refractivity contribution is 5.73. The fraction of sp³-hybridized carbons (Fsp3) is 0.462. The molecule has 0 radical (unpaired) electrons. The lowest BCUT2D eigenvalue weighted by molar-refractivity contribution is -0.384. The minimum absolute atomic E-state index is 0.143. The highest BCUT2D eigenvalue weighted by Gasteiger charge is 2.45. The van der Waals surface area contributed by atoms with Crippen LogP contribution in [0, 0.1) is 10.1 Å². The summed E-state index contributed by atoms with van der Waals surface area (Å²) in [5, 5.41) is 42.1. The smallest absolute Gasteiger partial charge is 0.269 e. The highest BCUT2D eigenvalue weighted by atomic mass is 16.7. The number of nitrogens with zero attached hydrogens (tertiary/aromatic N) is 1. The Kier molecular flexibility index (Phi) is 5.11. The average molecular weight is 328 g/mol. The van der Waals surface area contributed by atoms with E-state index in [-0.39, 0.29) is 11.4 Å². The average Bonchev–Trinajstić information content (AvgIpc) is 2.49. The van der Waals surface area contributed by atoms with Crippen LogP contribution in [0.5, 0.6) is 5.75 Å². The van der Waals surface area contributed by atoms with Crippen molar-refractivity contribution >= 4 is 11.6 Å². The summed E-state index contributed by atoms with van der Waals surface area (Å²) < 4.78 is 10.4. The fourth-order valence-electron chi connectivity index (χ4n) is 2.11. The molecular weight excluding hydrogens is 312 g/mol. The number of benzene rings is 1. The first-order valence-electron chi connectivity index (χ1n) is 6.67. The molecular formula is C13H16N2O8. The molecule has 1 aromatic rings. The monoisotopic (exact) mass is 328 g/mol.